The summed E-state index contributed by atoms with van der Waals surface area (Å²) in [5, 5.41) is 2.18. The first-order valence-electron chi connectivity index (χ1n) is 4.81. The highest BCUT2D eigenvalue weighted by atomic mass is 32.1. The minimum absolute atomic E-state index is 0.117. The van der Waals surface area contributed by atoms with E-state index in [9.17, 15) is 0 Å². The molecule has 1 aliphatic heterocycles. The van der Waals surface area contributed by atoms with Gasteiger partial charge in [-0.2, -0.15) is 4.57 Å². The summed E-state index contributed by atoms with van der Waals surface area (Å²) < 4.78 is 2.36. The van der Waals surface area contributed by atoms with E-state index >= 15 is 0 Å². The topological polar surface area (TPSA) is 3.88 Å². The van der Waals surface area contributed by atoms with Crippen molar-refractivity contribution in [3.63, 3.8) is 0 Å². The first-order chi connectivity index (χ1) is 6.71. The normalized spacial score (nSPS) is 16.4. The Kier molecular flexibility index (Phi) is 1.43. The molecular formula is C12H12NS+. The number of hydrogen-bond acceptors (Lipinski definition) is 1. The molecule has 1 aliphatic rings. The standard InChI is InChI=1S/C12H12NS/c1-12(2)9-6-8-14-11(9)10-5-3-4-7-13(10)12/h3-8H,1-2H3/q+1. The van der Waals surface area contributed by atoms with Crippen LogP contribution in [0.25, 0.3) is 10.6 Å². The van der Waals surface area contributed by atoms with Crippen LogP contribution in [0.2, 0.25) is 0 Å². The highest BCUT2D eigenvalue weighted by Crippen LogP contribution is 2.40. The summed E-state index contributed by atoms with van der Waals surface area (Å²) in [5.41, 5.74) is 2.92. The van der Waals surface area contributed by atoms with Crippen LogP contribution in [0.4, 0.5) is 0 Å². The molecule has 0 aliphatic carbocycles. The van der Waals surface area contributed by atoms with E-state index in [0.717, 1.165) is 0 Å². The van der Waals surface area contributed by atoms with Crippen molar-refractivity contribution in [3.8, 4) is 10.6 Å². The molecule has 1 nitrogen and oxygen atoms in total. The van der Waals surface area contributed by atoms with E-state index in [1.165, 1.54) is 16.1 Å². The molecule has 2 heteroatoms. The lowest BCUT2D eigenvalue weighted by atomic mass is 9.98. The molecule has 14 heavy (non-hydrogen) atoms. The van der Waals surface area contributed by atoms with Gasteiger partial charge in [0.1, 0.15) is 4.88 Å². The number of aromatic nitrogens is 1. The first kappa shape index (κ1) is 8.18. The van der Waals surface area contributed by atoms with E-state index in [1.54, 1.807) is 0 Å². The van der Waals surface area contributed by atoms with E-state index in [0.29, 0.717) is 0 Å². The van der Waals surface area contributed by atoms with Gasteiger partial charge in [0, 0.05) is 31.5 Å². The lowest BCUT2D eigenvalue weighted by molar-refractivity contribution is -0.731. The van der Waals surface area contributed by atoms with Crippen molar-refractivity contribution in [2.24, 2.45) is 0 Å². The molecule has 2 aromatic rings. The molecule has 0 amide bonds. The summed E-state index contributed by atoms with van der Waals surface area (Å²) in [4.78, 5) is 1.43. The van der Waals surface area contributed by atoms with Gasteiger partial charge in [0.25, 0.3) is 0 Å². The molecule has 0 saturated carbocycles. The summed E-state index contributed by atoms with van der Waals surface area (Å²) >= 11 is 1.84. The average Bonchev–Trinajstić information content (AvgIpc) is 2.72. The fraction of sp³-hybridized carbons (Fsp3) is 0.250. The maximum Gasteiger partial charge on any atom is 0.223 e. The van der Waals surface area contributed by atoms with Crippen molar-refractivity contribution in [1.82, 2.24) is 0 Å². The highest BCUT2D eigenvalue weighted by molar-refractivity contribution is 7.13. The molecule has 0 unspecified atom stereocenters. The van der Waals surface area contributed by atoms with Gasteiger partial charge in [-0.05, 0) is 17.5 Å². The van der Waals surface area contributed by atoms with Crippen LogP contribution < -0.4 is 4.57 Å². The molecule has 0 atom stereocenters. The minimum Gasteiger partial charge on any atom is -0.188 e. The Morgan fingerprint density at radius 1 is 1.21 bits per heavy atom. The van der Waals surface area contributed by atoms with Crippen molar-refractivity contribution < 1.29 is 4.57 Å². The first-order valence-corrected chi connectivity index (χ1v) is 5.69. The smallest absolute Gasteiger partial charge is 0.188 e. The predicted molar refractivity (Wildman–Crippen MR) is 58.4 cm³/mol. The van der Waals surface area contributed by atoms with Gasteiger partial charge < -0.3 is 0 Å². The van der Waals surface area contributed by atoms with Crippen LogP contribution in [-0.2, 0) is 5.54 Å². The molecule has 0 fully saturated rings. The quantitative estimate of drug-likeness (QED) is 0.578. The van der Waals surface area contributed by atoms with Gasteiger partial charge in [0.05, 0.1) is 0 Å². The fourth-order valence-corrected chi connectivity index (χ4v) is 3.31. The molecular weight excluding hydrogens is 190 g/mol. The van der Waals surface area contributed by atoms with Crippen LogP contribution in [0.1, 0.15) is 19.4 Å². The molecule has 0 N–H and O–H groups in total. The van der Waals surface area contributed by atoms with Gasteiger partial charge in [0.15, 0.2) is 11.7 Å². The van der Waals surface area contributed by atoms with E-state index in [-0.39, 0.29) is 5.54 Å². The van der Waals surface area contributed by atoms with E-state index in [4.69, 9.17) is 0 Å². The SMILES string of the molecule is CC1(C)c2ccsc2-c2cccc[n+]21. The lowest BCUT2D eigenvalue weighted by Crippen LogP contribution is -2.50. The molecule has 70 valence electrons. The zero-order valence-electron chi connectivity index (χ0n) is 8.32. The number of fused-ring (bicyclic) bond motifs is 3. The predicted octanol–water partition coefficient (Wildman–Crippen LogP) is 2.80. The van der Waals surface area contributed by atoms with Crippen LogP contribution in [0, 0.1) is 0 Å². The molecule has 3 heterocycles. The highest BCUT2D eigenvalue weighted by Gasteiger charge is 2.43. The molecule has 0 radical (unpaired) electrons. The largest absolute Gasteiger partial charge is 0.223 e. The van der Waals surface area contributed by atoms with Gasteiger partial charge in [0.2, 0.25) is 5.69 Å². The molecule has 0 spiro atoms. The number of nitrogens with zero attached hydrogens (tertiary/aromatic N) is 1. The van der Waals surface area contributed by atoms with Crippen molar-refractivity contribution in [2.45, 2.75) is 19.4 Å². The molecule has 2 aromatic heterocycles. The number of pyridine rings is 1. The average molecular weight is 202 g/mol. The maximum atomic E-state index is 2.36. The third-order valence-electron chi connectivity index (χ3n) is 3.02. The van der Waals surface area contributed by atoms with Gasteiger partial charge in [-0.1, -0.05) is 0 Å². The van der Waals surface area contributed by atoms with Crippen molar-refractivity contribution in [2.75, 3.05) is 0 Å². The second kappa shape index (κ2) is 2.45. The summed E-state index contributed by atoms with van der Waals surface area (Å²) in [6.07, 6.45) is 2.17. The van der Waals surface area contributed by atoms with Gasteiger partial charge in [-0.15, -0.1) is 11.3 Å². The van der Waals surface area contributed by atoms with Crippen LogP contribution >= 0.6 is 11.3 Å². The maximum absolute atomic E-state index is 2.36. The Morgan fingerprint density at radius 2 is 2.07 bits per heavy atom. The minimum atomic E-state index is 0.117. The second-order valence-corrected chi connectivity index (χ2v) is 5.09. The summed E-state index contributed by atoms with van der Waals surface area (Å²) in [6, 6.07) is 8.65. The summed E-state index contributed by atoms with van der Waals surface area (Å²) in [5.74, 6) is 0. The fourth-order valence-electron chi connectivity index (χ4n) is 2.23. The Morgan fingerprint density at radius 3 is 2.93 bits per heavy atom. The van der Waals surface area contributed by atoms with Crippen LogP contribution in [0.3, 0.4) is 0 Å². The van der Waals surface area contributed by atoms with E-state index < -0.39 is 0 Å². The molecule has 0 aromatic carbocycles. The zero-order chi connectivity index (χ0) is 9.76. The third kappa shape index (κ3) is 0.819. The molecule has 0 saturated heterocycles. The van der Waals surface area contributed by atoms with Gasteiger partial charge in [-0.25, -0.2) is 0 Å². The number of rotatable bonds is 0. The number of hydrogen-bond donors (Lipinski definition) is 0. The summed E-state index contributed by atoms with van der Waals surface area (Å²) in [6.45, 7) is 4.55. The van der Waals surface area contributed by atoms with Crippen LogP contribution in [-0.4, -0.2) is 0 Å². The van der Waals surface area contributed by atoms with Crippen LogP contribution in [0.15, 0.2) is 35.8 Å². The lowest BCUT2D eigenvalue weighted by Gasteiger charge is -2.13. The van der Waals surface area contributed by atoms with Gasteiger partial charge >= 0.3 is 0 Å². The zero-order valence-corrected chi connectivity index (χ0v) is 9.14. The third-order valence-corrected chi connectivity index (χ3v) is 3.96. The Bertz CT molecular complexity index is 497. The van der Waals surface area contributed by atoms with E-state index in [2.05, 4.69) is 54.3 Å². The van der Waals surface area contributed by atoms with E-state index in [1.807, 2.05) is 11.3 Å². The second-order valence-electron chi connectivity index (χ2n) is 4.18. The Balaban J connectivity index is 2.42. The van der Waals surface area contributed by atoms with Crippen LogP contribution in [0.5, 0.6) is 0 Å². The number of thiophene rings is 1. The van der Waals surface area contributed by atoms with Crippen molar-refractivity contribution in [1.29, 1.82) is 0 Å². The molecule has 0 bridgehead atoms. The Labute approximate surface area is 87.6 Å². The Hall–Kier alpha value is -1.15. The monoisotopic (exact) mass is 202 g/mol. The summed E-state index contributed by atoms with van der Waals surface area (Å²) in [7, 11) is 0. The van der Waals surface area contributed by atoms with Crippen molar-refractivity contribution in [3.05, 3.63) is 41.4 Å². The van der Waals surface area contributed by atoms with Gasteiger partial charge in [-0.3, -0.25) is 0 Å². The molecule has 3 rings (SSSR count). The van der Waals surface area contributed by atoms with Crippen molar-refractivity contribution >= 4 is 11.3 Å².